The molecule has 2 rings (SSSR count). The van der Waals surface area contributed by atoms with Crippen molar-refractivity contribution in [3.63, 3.8) is 0 Å². The van der Waals surface area contributed by atoms with Crippen LogP contribution in [0.5, 0.6) is 5.75 Å². The van der Waals surface area contributed by atoms with E-state index in [1.54, 1.807) is 13.4 Å². The van der Waals surface area contributed by atoms with Gasteiger partial charge >= 0.3 is 0 Å². The lowest BCUT2D eigenvalue weighted by molar-refractivity contribution is 0.414. The second-order valence-electron chi connectivity index (χ2n) is 4.42. The van der Waals surface area contributed by atoms with E-state index in [0.717, 1.165) is 25.3 Å². The summed E-state index contributed by atoms with van der Waals surface area (Å²) in [5.74, 6) is 2.78. The summed E-state index contributed by atoms with van der Waals surface area (Å²) in [7, 11) is 1.61. The first-order valence-corrected chi connectivity index (χ1v) is 7.03. The number of anilines is 2. The van der Waals surface area contributed by atoms with E-state index in [-0.39, 0.29) is 0 Å². The molecule has 2 heterocycles. The predicted molar refractivity (Wildman–Crippen MR) is 80.4 cm³/mol. The Morgan fingerprint density at radius 3 is 2.62 bits per heavy atom. The maximum absolute atomic E-state index is 5.41. The van der Waals surface area contributed by atoms with Gasteiger partial charge in [-0.2, -0.15) is 0 Å². The maximum Gasteiger partial charge on any atom is 0.204 e. The van der Waals surface area contributed by atoms with E-state index in [1.165, 1.54) is 6.33 Å². The fourth-order valence-electron chi connectivity index (χ4n) is 1.91. The van der Waals surface area contributed by atoms with E-state index in [1.807, 2.05) is 11.5 Å². The van der Waals surface area contributed by atoms with Crippen molar-refractivity contribution in [3.05, 3.63) is 18.5 Å². The number of nitrogens with one attached hydrogen (secondary N) is 2. The Hall–Kier alpha value is -2.38. The van der Waals surface area contributed by atoms with Crippen molar-refractivity contribution in [2.45, 2.75) is 33.4 Å². The minimum absolute atomic E-state index is 0.522. The van der Waals surface area contributed by atoms with Gasteiger partial charge in [0.25, 0.3) is 0 Å². The van der Waals surface area contributed by atoms with Gasteiger partial charge in [-0.1, -0.05) is 6.92 Å². The van der Waals surface area contributed by atoms with Crippen molar-refractivity contribution >= 4 is 11.6 Å². The largest absolute Gasteiger partial charge is 0.490 e. The molecule has 0 aliphatic carbocycles. The first-order valence-electron chi connectivity index (χ1n) is 7.03. The first-order chi connectivity index (χ1) is 10.3. The molecule has 0 saturated carbocycles. The van der Waals surface area contributed by atoms with Crippen LogP contribution in [0.4, 0.5) is 11.6 Å². The Balaban J connectivity index is 2.12. The number of rotatable bonds is 8. The van der Waals surface area contributed by atoms with Gasteiger partial charge in [-0.25, -0.2) is 9.97 Å². The molecule has 0 aliphatic rings. The summed E-state index contributed by atoms with van der Waals surface area (Å²) in [5.41, 5.74) is 0. The Labute approximate surface area is 124 Å². The van der Waals surface area contributed by atoms with Crippen molar-refractivity contribution in [2.75, 3.05) is 24.3 Å². The summed E-state index contributed by atoms with van der Waals surface area (Å²) in [6, 6.07) is 0. The molecule has 0 amide bonds. The summed E-state index contributed by atoms with van der Waals surface area (Å²) in [5, 5.41) is 14.4. The van der Waals surface area contributed by atoms with Crippen LogP contribution in [0.1, 0.15) is 26.1 Å². The van der Waals surface area contributed by atoms with E-state index < -0.39 is 0 Å². The lowest BCUT2D eigenvalue weighted by Crippen LogP contribution is -2.11. The van der Waals surface area contributed by atoms with Crippen molar-refractivity contribution in [3.8, 4) is 5.75 Å². The Morgan fingerprint density at radius 2 is 1.95 bits per heavy atom. The number of aromatic nitrogens is 5. The topological polar surface area (TPSA) is 89.8 Å². The molecular formula is C13H21N7O. The van der Waals surface area contributed by atoms with E-state index in [9.17, 15) is 0 Å². The normalized spacial score (nSPS) is 10.4. The van der Waals surface area contributed by atoms with Crippen LogP contribution in [0, 0.1) is 0 Å². The summed E-state index contributed by atoms with van der Waals surface area (Å²) in [4.78, 5) is 8.43. The molecule has 2 aromatic rings. The monoisotopic (exact) mass is 291 g/mol. The van der Waals surface area contributed by atoms with Gasteiger partial charge in [0.2, 0.25) is 5.75 Å². The molecule has 8 nitrogen and oxygen atoms in total. The molecule has 21 heavy (non-hydrogen) atoms. The summed E-state index contributed by atoms with van der Waals surface area (Å²) in [6.07, 6.45) is 4.23. The van der Waals surface area contributed by atoms with Gasteiger partial charge in [0, 0.05) is 13.1 Å². The van der Waals surface area contributed by atoms with Crippen LogP contribution >= 0.6 is 0 Å². The molecule has 114 valence electrons. The molecule has 2 N–H and O–H groups in total. The average molecular weight is 291 g/mol. The molecule has 0 atom stereocenters. The zero-order valence-corrected chi connectivity index (χ0v) is 12.6. The minimum Gasteiger partial charge on any atom is -0.490 e. The Bertz CT molecular complexity index is 569. The lowest BCUT2D eigenvalue weighted by atomic mass is 10.4. The highest BCUT2D eigenvalue weighted by Crippen LogP contribution is 2.29. The van der Waals surface area contributed by atoms with E-state index in [2.05, 4.69) is 37.7 Å². The summed E-state index contributed by atoms with van der Waals surface area (Å²) in [6.45, 7) is 6.32. The number of hydrogen-bond donors (Lipinski definition) is 2. The van der Waals surface area contributed by atoms with Crippen LogP contribution in [0.25, 0.3) is 0 Å². The van der Waals surface area contributed by atoms with Crippen LogP contribution in [-0.4, -0.2) is 38.4 Å². The number of nitrogens with zero attached hydrogens (tertiary/aromatic N) is 5. The van der Waals surface area contributed by atoms with E-state index >= 15 is 0 Å². The van der Waals surface area contributed by atoms with Crippen molar-refractivity contribution in [2.24, 2.45) is 0 Å². The Kier molecular flexibility index (Phi) is 5.30. The zero-order chi connectivity index (χ0) is 15.1. The van der Waals surface area contributed by atoms with Gasteiger partial charge in [-0.05, 0) is 13.3 Å². The first kappa shape index (κ1) is 15.0. The van der Waals surface area contributed by atoms with Crippen LogP contribution in [-0.2, 0) is 13.1 Å². The minimum atomic E-state index is 0.522. The van der Waals surface area contributed by atoms with Gasteiger partial charge < -0.3 is 19.9 Å². The smallest absolute Gasteiger partial charge is 0.204 e. The number of hydrogen-bond acceptors (Lipinski definition) is 7. The highest BCUT2D eigenvalue weighted by molar-refractivity contribution is 5.63. The second-order valence-corrected chi connectivity index (χ2v) is 4.42. The van der Waals surface area contributed by atoms with Gasteiger partial charge in [-0.3, -0.25) is 0 Å². The molecule has 0 fully saturated rings. The Morgan fingerprint density at radius 1 is 1.19 bits per heavy atom. The molecule has 0 radical (unpaired) electrons. The van der Waals surface area contributed by atoms with Crippen LogP contribution in [0.3, 0.4) is 0 Å². The summed E-state index contributed by atoms with van der Waals surface area (Å²) >= 11 is 0. The fourth-order valence-corrected chi connectivity index (χ4v) is 1.91. The molecule has 2 aromatic heterocycles. The van der Waals surface area contributed by atoms with Gasteiger partial charge in [0.1, 0.15) is 12.7 Å². The molecular weight excluding hydrogens is 270 g/mol. The highest BCUT2D eigenvalue weighted by Gasteiger charge is 2.12. The molecule has 0 saturated heterocycles. The fraction of sp³-hybridized carbons (Fsp3) is 0.538. The van der Waals surface area contributed by atoms with Gasteiger partial charge in [0.05, 0.1) is 13.7 Å². The third-order valence-corrected chi connectivity index (χ3v) is 3.00. The molecule has 0 bridgehead atoms. The average Bonchev–Trinajstić information content (AvgIpc) is 2.98. The second kappa shape index (κ2) is 7.41. The van der Waals surface area contributed by atoms with E-state index in [4.69, 9.17) is 4.74 Å². The highest BCUT2D eigenvalue weighted by atomic mass is 16.5. The van der Waals surface area contributed by atoms with Gasteiger partial charge in [0.15, 0.2) is 17.5 Å². The predicted octanol–water partition coefficient (Wildman–Crippen LogP) is 1.53. The SMILES string of the molecule is CCCNc1ncnc(NCc2nncn2CC)c1OC. The quantitative estimate of drug-likeness (QED) is 0.762. The van der Waals surface area contributed by atoms with Crippen LogP contribution in [0.15, 0.2) is 12.7 Å². The van der Waals surface area contributed by atoms with Crippen molar-refractivity contribution in [1.29, 1.82) is 0 Å². The van der Waals surface area contributed by atoms with Crippen molar-refractivity contribution < 1.29 is 4.74 Å². The van der Waals surface area contributed by atoms with E-state index in [0.29, 0.717) is 23.9 Å². The van der Waals surface area contributed by atoms with Gasteiger partial charge in [-0.15, -0.1) is 10.2 Å². The zero-order valence-electron chi connectivity index (χ0n) is 12.6. The number of methoxy groups -OCH3 is 1. The van der Waals surface area contributed by atoms with Crippen LogP contribution in [0.2, 0.25) is 0 Å². The molecule has 0 unspecified atom stereocenters. The number of ether oxygens (including phenoxy) is 1. The standard InChI is InChI=1S/C13H21N7O/c1-4-6-14-12-11(21-3)13(17-8-16-12)15-7-10-19-18-9-20(10)5-2/h8-9H,4-7H2,1-3H3,(H2,14,15,16,17). The van der Waals surface area contributed by atoms with Crippen molar-refractivity contribution in [1.82, 2.24) is 24.7 Å². The molecule has 8 heteroatoms. The summed E-state index contributed by atoms with van der Waals surface area (Å²) < 4.78 is 7.38. The maximum atomic E-state index is 5.41. The molecule has 0 spiro atoms. The number of aryl methyl sites for hydroxylation is 1. The molecule has 0 aromatic carbocycles. The van der Waals surface area contributed by atoms with Crippen LogP contribution < -0.4 is 15.4 Å². The molecule has 0 aliphatic heterocycles. The lowest BCUT2D eigenvalue weighted by Gasteiger charge is -2.13. The third kappa shape index (κ3) is 3.59. The third-order valence-electron chi connectivity index (χ3n) is 3.00.